The Hall–Kier alpha value is -3.83. The summed E-state index contributed by atoms with van der Waals surface area (Å²) in [5.41, 5.74) is 4.80. The minimum absolute atomic E-state index is 0.0582. The van der Waals surface area contributed by atoms with Crippen LogP contribution in [0, 0.1) is 0 Å². The number of phenols is 1. The summed E-state index contributed by atoms with van der Waals surface area (Å²) in [6.07, 6.45) is -0.322. The molecule has 0 aliphatic carbocycles. The first-order valence-corrected chi connectivity index (χ1v) is 11.5. The Bertz CT molecular complexity index is 927. The Kier molecular flexibility index (Phi) is 11.7. The maximum absolute atomic E-state index is 13.7. The second kappa shape index (κ2) is 13.9. The third-order valence-corrected chi connectivity index (χ3v) is 4.83. The van der Waals surface area contributed by atoms with E-state index in [4.69, 9.17) is 10.5 Å². The normalized spacial score (nSPS) is 12.6. The monoisotopic (exact) mass is 508 g/mol. The molecule has 12 heteroatoms. The molecule has 36 heavy (non-hydrogen) atoms. The molecular weight excluding hydrogens is 472 g/mol. The molecule has 0 heterocycles. The quantitative estimate of drug-likeness (QED) is 0.303. The van der Waals surface area contributed by atoms with Gasteiger partial charge in [-0.1, -0.05) is 25.5 Å². The number of phenolic OH excluding ortho intramolecular Hbond substituents is 1. The summed E-state index contributed by atoms with van der Waals surface area (Å²) in [6.45, 7) is 6.43. The zero-order chi connectivity index (χ0) is 27.5. The summed E-state index contributed by atoms with van der Waals surface area (Å²) in [4.78, 5) is 63.9. The highest BCUT2D eigenvalue weighted by atomic mass is 16.6. The van der Waals surface area contributed by atoms with E-state index in [2.05, 4.69) is 15.4 Å². The lowest BCUT2D eigenvalue weighted by Crippen LogP contribution is -2.54. The van der Waals surface area contributed by atoms with E-state index in [1.54, 1.807) is 20.8 Å². The number of carbonyl (C=O) groups is 5. The summed E-state index contributed by atoms with van der Waals surface area (Å²) in [6, 6.07) is 2.92. The van der Waals surface area contributed by atoms with E-state index in [1.807, 2.05) is 6.92 Å². The zero-order valence-electron chi connectivity index (χ0n) is 21.3. The van der Waals surface area contributed by atoms with Crippen molar-refractivity contribution in [3.8, 4) is 5.75 Å². The molecule has 5 N–H and O–H groups in total. The SMILES string of the molecule is CCCCN(C(=O)C(CC(N)=O)NC(=O)OC(C)(C)C)C(C(=O)NCC(=O)OC)c1ccc(O)cc1. The van der Waals surface area contributed by atoms with Crippen molar-refractivity contribution in [2.24, 2.45) is 5.73 Å². The van der Waals surface area contributed by atoms with Gasteiger partial charge in [-0.25, -0.2) is 4.79 Å². The number of ether oxygens (including phenoxy) is 2. The Morgan fingerprint density at radius 2 is 1.72 bits per heavy atom. The van der Waals surface area contributed by atoms with Gasteiger partial charge in [0, 0.05) is 6.54 Å². The van der Waals surface area contributed by atoms with Crippen molar-refractivity contribution in [1.29, 1.82) is 0 Å². The molecule has 0 spiro atoms. The minimum atomic E-state index is -1.41. The van der Waals surface area contributed by atoms with Crippen LogP contribution in [-0.2, 0) is 28.7 Å². The van der Waals surface area contributed by atoms with Gasteiger partial charge in [0.1, 0.15) is 30.0 Å². The Labute approximate surface area is 210 Å². The highest BCUT2D eigenvalue weighted by Crippen LogP contribution is 2.25. The predicted molar refractivity (Wildman–Crippen MR) is 129 cm³/mol. The summed E-state index contributed by atoms with van der Waals surface area (Å²) in [5.74, 6) is -3.06. The van der Waals surface area contributed by atoms with Crippen LogP contribution in [0.3, 0.4) is 0 Å². The summed E-state index contributed by atoms with van der Waals surface area (Å²) in [5, 5.41) is 14.5. The molecule has 0 saturated heterocycles. The molecule has 2 atom stereocenters. The molecule has 0 bridgehead atoms. The van der Waals surface area contributed by atoms with Crippen molar-refractivity contribution < 1.29 is 38.6 Å². The number of hydrogen-bond donors (Lipinski definition) is 4. The Morgan fingerprint density at radius 3 is 2.22 bits per heavy atom. The zero-order valence-corrected chi connectivity index (χ0v) is 21.3. The van der Waals surface area contributed by atoms with Gasteiger partial charge in [0.25, 0.3) is 0 Å². The van der Waals surface area contributed by atoms with Crippen LogP contribution in [0.15, 0.2) is 24.3 Å². The fraction of sp³-hybridized carbons (Fsp3) is 0.542. The number of nitrogens with zero attached hydrogens (tertiary/aromatic N) is 1. The van der Waals surface area contributed by atoms with E-state index in [9.17, 15) is 29.1 Å². The standard InChI is InChI=1S/C24H36N4O8/c1-6-7-12-28(22(33)17(13-18(25)30)27-23(34)36-24(2,3)4)20(15-8-10-16(29)11-9-15)21(32)26-14-19(31)35-5/h8-11,17,20,29H,6-7,12-14H2,1-5H3,(H2,25,30)(H,26,32)(H,27,34). The first-order chi connectivity index (χ1) is 16.8. The molecule has 1 rings (SSSR count). The summed E-state index contributed by atoms with van der Waals surface area (Å²) < 4.78 is 9.77. The highest BCUT2D eigenvalue weighted by molar-refractivity contribution is 5.95. The summed E-state index contributed by atoms with van der Waals surface area (Å²) >= 11 is 0. The molecule has 0 aromatic heterocycles. The van der Waals surface area contributed by atoms with Crippen molar-refractivity contribution in [2.45, 2.75) is 64.6 Å². The van der Waals surface area contributed by atoms with E-state index < -0.39 is 60.4 Å². The van der Waals surface area contributed by atoms with Crippen LogP contribution >= 0.6 is 0 Å². The number of hydrogen-bond acceptors (Lipinski definition) is 8. The van der Waals surface area contributed by atoms with E-state index in [0.717, 1.165) is 0 Å². The van der Waals surface area contributed by atoms with Gasteiger partial charge in [-0.2, -0.15) is 0 Å². The molecule has 0 aliphatic rings. The van der Waals surface area contributed by atoms with E-state index >= 15 is 0 Å². The number of unbranched alkanes of at least 4 members (excludes halogenated alkanes) is 1. The first-order valence-electron chi connectivity index (χ1n) is 11.5. The van der Waals surface area contributed by atoms with Crippen molar-refractivity contribution in [1.82, 2.24) is 15.5 Å². The van der Waals surface area contributed by atoms with Crippen LogP contribution in [0.25, 0.3) is 0 Å². The number of aromatic hydroxyl groups is 1. The first kappa shape index (κ1) is 30.2. The van der Waals surface area contributed by atoms with E-state index in [-0.39, 0.29) is 12.3 Å². The second-order valence-electron chi connectivity index (χ2n) is 9.04. The van der Waals surface area contributed by atoms with Gasteiger partial charge in [-0.05, 0) is 44.9 Å². The lowest BCUT2D eigenvalue weighted by atomic mass is 10.0. The highest BCUT2D eigenvalue weighted by Gasteiger charge is 2.36. The van der Waals surface area contributed by atoms with Gasteiger partial charge >= 0.3 is 12.1 Å². The van der Waals surface area contributed by atoms with Crippen molar-refractivity contribution >= 4 is 29.8 Å². The largest absolute Gasteiger partial charge is 0.508 e. The molecule has 0 aliphatic heterocycles. The molecule has 0 saturated carbocycles. The molecule has 4 amide bonds. The number of primary amides is 1. The number of methoxy groups -OCH3 is 1. The van der Waals surface area contributed by atoms with Crippen LogP contribution in [0.4, 0.5) is 4.79 Å². The number of esters is 1. The number of benzene rings is 1. The number of rotatable bonds is 12. The molecule has 1 aromatic rings. The van der Waals surface area contributed by atoms with Gasteiger partial charge < -0.3 is 35.8 Å². The molecular formula is C24H36N4O8. The minimum Gasteiger partial charge on any atom is -0.508 e. The third kappa shape index (κ3) is 10.2. The van der Waals surface area contributed by atoms with Crippen LogP contribution in [0.1, 0.15) is 58.6 Å². The van der Waals surface area contributed by atoms with Gasteiger partial charge in [-0.3, -0.25) is 19.2 Å². The fourth-order valence-electron chi connectivity index (χ4n) is 3.20. The van der Waals surface area contributed by atoms with Gasteiger partial charge in [0.05, 0.1) is 13.5 Å². The van der Waals surface area contributed by atoms with Crippen LogP contribution in [0.2, 0.25) is 0 Å². The van der Waals surface area contributed by atoms with Crippen molar-refractivity contribution in [3.63, 3.8) is 0 Å². The second-order valence-corrected chi connectivity index (χ2v) is 9.04. The van der Waals surface area contributed by atoms with Crippen LogP contribution in [0.5, 0.6) is 5.75 Å². The van der Waals surface area contributed by atoms with Gasteiger partial charge in [0.15, 0.2) is 0 Å². The van der Waals surface area contributed by atoms with E-state index in [0.29, 0.717) is 18.4 Å². The van der Waals surface area contributed by atoms with Crippen LogP contribution < -0.4 is 16.4 Å². The van der Waals surface area contributed by atoms with Crippen molar-refractivity contribution in [3.05, 3.63) is 29.8 Å². The molecule has 0 radical (unpaired) electrons. The lowest BCUT2D eigenvalue weighted by Gasteiger charge is -2.34. The average molecular weight is 509 g/mol. The maximum atomic E-state index is 13.7. The summed E-state index contributed by atoms with van der Waals surface area (Å²) in [7, 11) is 1.17. The smallest absolute Gasteiger partial charge is 0.408 e. The number of amides is 4. The van der Waals surface area contributed by atoms with E-state index in [1.165, 1.54) is 36.3 Å². The van der Waals surface area contributed by atoms with Crippen LogP contribution in [-0.4, -0.2) is 71.6 Å². The third-order valence-electron chi connectivity index (χ3n) is 4.83. The molecule has 200 valence electrons. The lowest BCUT2D eigenvalue weighted by molar-refractivity contribution is -0.145. The average Bonchev–Trinajstić information content (AvgIpc) is 2.78. The molecule has 12 nitrogen and oxygen atoms in total. The van der Waals surface area contributed by atoms with Gasteiger partial charge in [-0.15, -0.1) is 0 Å². The number of carbonyl (C=O) groups excluding carboxylic acids is 5. The Balaban J connectivity index is 3.44. The molecule has 2 unspecified atom stereocenters. The molecule has 0 fully saturated rings. The number of alkyl carbamates (subject to hydrolysis) is 1. The van der Waals surface area contributed by atoms with Crippen molar-refractivity contribution in [2.75, 3.05) is 20.2 Å². The fourth-order valence-corrected chi connectivity index (χ4v) is 3.20. The van der Waals surface area contributed by atoms with Gasteiger partial charge in [0.2, 0.25) is 17.7 Å². The Morgan fingerprint density at radius 1 is 1.11 bits per heavy atom. The predicted octanol–water partition coefficient (Wildman–Crippen LogP) is 1.12. The topological polar surface area (TPSA) is 177 Å². The maximum Gasteiger partial charge on any atom is 0.408 e. The molecule has 1 aromatic carbocycles. The number of nitrogens with two attached hydrogens (primary N) is 1. The number of nitrogens with one attached hydrogen (secondary N) is 2.